The molecule has 6 heteroatoms. The van der Waals surface area contributed by atoms with E-state index in [0.29, 0.717) is 18.3 Å². The predicted molar refractivity (Wildman–Crippen MR) is 106 cm³/mol. The fourth-order valence-corrected chi connectivity index (χ4v) is 3.51. The quantitative estimate of drug-likeness (QED) is 0.737. The molecule has 3 aromatic rings. The first kappa shape index (κ1) is 18.4. The molecule has 2 aromatic carbocycles. The van der Waals surface area contributed by atoms with Crippen LogP contribution in [0.15, 0.2) is 59.1 Å². The van der Waals surface area contributed by atoms with Gasteiger partial charge in [0, 0.05) is 11.1 Å². The average molecular weight is 377 g/mol. The number of aryl methyl sites for hydroxylation is 1. The number of rotatable bonds is 5. The highest BCUT2D eigenvalue weighted by molar-refractivity contribution is 5.94. The second-order valence-corrected chi connectivity index (χ2v) is 7.15. The predicted octanol–water partition coefficient (Wildman–Crippen LogP) is 1.84. The SMILES string of the molecule is CCc1ccc(-c2noc(C[NH+]3CCN(C(=O)c4ccccc4)CC3)n2)cc1. The molecule has 0 bridgehead atoms. The van der Waals surface area contributed by atoms with Crippen molar-refractivity contribution in [3.63, 3.8) is 0 Å². The van der Waals surface area contributed by atoms with E-state index in [1.807, 2.05) is 47.4 Å². The number of amides is 1. The van der Waals surface area contributed by atoms with E-state index in [4.69, 9.17) is 4.52 Å². The Morgan fingerprint density at radius 1 is 1.07 bits per heavy atom. The van der Waals surface area contributed by atoms with E-state index in [-0.39, 0.29) is 5.91 Å². The van der Waals surface area contributed by atoms with Crippen LogP contribution in [-0.2, 0) is 13.0 Å². The smallest absolute Gasteiger partial charge is 0.282 e. The summed E-state index contributed by atoms with van der Waals surface area (Å²) in [6.45, 7) is 6.05. The van der Waals surface area contributed by atoms with E-state index in [9.17, 15) is 4.79 Å². The molecule has 1 N–H and O–H groups in total. The van der Waals surface area contributed by atoms with Gasteiger partial charge in [0.05, 0.1) is 26.2 Å². The minimum Gasteiger partial charge on any atom is -0.333 e. The number of nitrogens with zero attached hydrogens (tertiary/aromatic N) is 3. The van der Waals surface area contributed by atoms with Crippen LogP contribution in [0.3, 0.4) is 0 Å². The lowest BCUT2D eigenvalue weighted by molar-refractivity contribution is -0.918. The molecule has 0 spiro atoms. The number of aromatic nitrogens is 2. The monoisotopic (exact) mass is 377 g/mol. The van der Waals surface area contributed by atoms with Crippen molar-refractivity contribution in [2.24, 2.45) is 0 Å². The Balaban J connectivity index is 1.32. The number of benzene rings is 2. The van der Waals surface area contributed by atoms with Gasteiger partial charge in [-0.15, -0.1) is 0 Å². The second-order valence-electron chi connectivity index (χ2n) is 7.15. The molecule has 1 fully saturated rings. The molecular formula is C22H25N4O2+. The third-order valence-corrected chi connectivity index (χ3v) is 5.27. The Labute approximate surface area is 164 Å². The fourth-order valence-electron chi connectivity index (χ4n) is 3.51. The Morgan fingerprint density at radius 3 is 2.46 bits per heavy atom. The molecule has 1 aliphatic rings. The Hall–Kier alpha value is -2.99. The molecule has 0 unspecified atom stereocenters. The highest BCUT2D eigenvalue weighted by Crippen LogP contribution is 2.16. The molecule has 1 amide bonds. The highest BCUT2D eigenvalue weighted by atomic mass is 16.5. The summed E-state index contributed by atoms with van der Waals surface area (Å²) in [6.07, 6.45) is 1.01. The van der Waals surface area contributed by atoms with Gasteiger partial charge in [0.25, 0.3) is 11.8 Å². The summed E-state index contributed by atoms with van der Waals surface area (Å²) >= 11 is 0. The van der Waals surface area contributed by atoms with Gasteiger partial charge in [0.1, 0.15) is 0 Å². The van der Waals surface area contributed by atoms with Gasteiger partial charge in [-0.05, 0) is 24.1 Å². The summed E-state index contributed by atoms with van der Waals surface area (Å²) in [4.78, 5) is 20.4. The van der Waals surface area contributed by atoms with E-state index in [1.54, 1.807) is 0 Å². The number of carbonyl (C=O) groups excluding carboxylic acids is 1. The van der Waals surface area contributed by atoms with Crippen LogP contribution in [0.25, 0.3) is 11.4 Å². The summed E-state index contributed by atoms with van der Waals surface area (Å²) in [5.41, 5.74) is 3.02. The summed E-state index contributed by atoms with van der Waals surface area (Å²) in [7, 11) is 0. The van der Waals surface area contributed by atoms with Crippen LogP contribution in [0, 0.1) is 0 Å². The third-order valence-electron chi connectivity index (χ3n) is 5.27. The Morgan fingerprint density at radius 2 is 1.79 bits per heavy atom. The molecule has 144 valence electrons. The molecule has 1 aliphatic heterocycles. The van der Waals surface area contributed by atoms with Gasteiger partial charge in [-0.2, -0.15) is 4.98 Å². The zero-order valence-electron chi connectivity index (χ0n) is 16.1. The molecule has 0 atom stereocenters. The topological polar surface area (TPSA) is 63.7 Å². The number of piperazine rings is 1. The molecule has 4 rings (SSSR count). The van der Waals surface area contributed by atoms with Crippen molar-refractivity contribution in [2.45, 2.75) is 19.9 Å². The molecule has 1 aromatic heterocycles. The minimum absolute atomic E-state index is 0.107. The van der Waals surface area contributed by atoms with Crippen molar-refractivity contribution in [3.05, 3.63) is 71.6 Å². The van der Waals surface area contributed by atoms with E-state index < -0.39 is 0 Å². The van der Waals surface area contributed by atoms with Crippen molar-refractivity contribution in [2.75, 3.05) is 26.2 Å². The number of quaternary nitrogens is 1. The first-order valence-corrected chi connectivity index (χ1v) is 9.82. The largest absolute Gasteiger partial charge is 0.333 e. The van der Waals surface area contributed by atoms with E-state index >= 15 is 0 Å². The third kappa shape index (κ3) is 4.12. The van der Waals surface area contributed by atoms with Crippen LogP contribution in [-0.4, -0.2) is 47.1 Å². The van der Waals surface area contributed by atoms with Gasteiger partial charge in [0.15, 0.2) is 6.54 Å². The number of hydrogen-bond acceptors (Lipinski definition) is 4. The van der Waals surface area contributed by atoms with Crippen LogP contribution >= 0.6 is 0 Å². The second kappa shape index (κ2) is 8.35. The van der Waals surface area contributed by atoms with Crippen molar-refractivity contribution in [3.8, 4) is 11.4 Å². The maximum absolute atomic E-state index is 12.5. The lowest BCUT2D eigenvalue weighted by Gasteiger charge is -2.31. The maximum atomic E-state index is 12.5. The first-order valence-electron chi connectivity index (χ1n) is 9.82. The van der Waals surface area contributed by atoms with Crippen molar-refractivity contribution in [1.82, 2.24) is 15.0 Å². The normalized spacial score (nSPS) is 15.0. The minimum atomic E-state index is 0.107. The van der Waals surface area contributed by atoms with Crippen LogP contribution in [0.4, 0.5) is 0 Å². The first-order chi connectivity index (χ1) is 13.7. The van der Waals surface area contributed by atoms with Crippen LogP contribution in [0.2, 0.25) is 0 Å². The summed E-state index contributed by atoms with van der Waals surface area (Å²) in [6, 6.07) is 17.7. The van der Waals surface area contributed by atoms with Crippen LogP contribution in [0.1, 0.15) is 28.7 Å². The summed E-state index contributed by atoms with van der Waals surface area (Å²) in [5.74, 6) is 1.39. The van der Waals surface area contributed by atoms with Crippen molar-refractivity contribution >= 4 is 5.91 Å². The molecular weight excluding hydrogens is 352 g/mol. The van der Waals surface area contributed by atoms with Gasteiger partial charge in [-0.1, -0.05) is 54.5 Å². The van der Waals surface area contributed by atoms with E-state index in [2.05, 4.69) is 29.2 Å². The molecule has 0 radical (unpaired) electrons. The molecule has 2 heterocycles. The van der Waals surface area contributed by atoms with Gasteiger partial charge in [-0.3, -0.25) is 4.79 Å². The molecule has 6 nitrogen and oxygen atoms in total. The average Bonchev–Trinajstić information content (AvgIpc) is 3.23. The van der Waals surface area contributed by atoms with Gasteiger partial charge in [-0.25, -0.2) is 0 Å². The molecule has 28 heavy (non-hydrogen) atoms. The Bertz CT molecular complexity index is 913. The number of hydrogen-bond donors (Lipinski definition) is 1. The molecule has 1 saturated heterocycles. The highest BCUT2D eigenvalue weighted by Gasteiger charge is 2.26. The summed E-state index contributed by atoms with van der Waals surface area (Å²) < 4.78 is 5.46. The van der Waals surface area contributed by atoms with Crippen LogP contribution in [0.5, 0.6) is 0 Å². The van der Waals surface area contributed by atoms with Gasteiger partial charge >= 0.3 is 0 Å². The lowest BCUT2D eigenvalue weighted by Crippen LogP contribution is -3.13. The van der Waals surface area contributed by atoms with Crippen molar-refractivity contribution in [1.29, 1.82) is 0 Å². The number of nitrogens with one attached hydrogen (secondary N) is 1. The van der Waals surface area contributed by atoms with E-state index in [0.717, 1.165) is 43.7 Å². The standard InChI is InChI=1S/C22H24N4O2/c1-2-17-8-10-18(11-9-17)21-23-20(28-24-21)16-25-12-14-26(15-13-25)22(27)19-6-4-3-5-7-19/h3-11H,2,12-16H2,1H3/p+1. The van der Waals surface area contributed by atoms with Crippen molar-refractivity contribution < 1.29 is 14.2 Å². The van der Waals surface area contributed by atoms with Crippen LogP contribution < -0.4 is 4.90 Å². The van der Waals surface area contributed by atoms with Gasteiger partial charge < -0.3 is 14.3 Å². The molecule has 0 aliphatic carbocycles. The maximum Gasteiger partial charge on any atom is 0.282 e. The number of carbonyl (C=O) groups is 1. The zero-order valence-corrected chi connectivity index (χ0v) is 16.1. The fraction of sp³-hybridized carbons (Fsp3) is 0.318. The van der Waals surface area contributed by atoms with E-state index in [1.165, 1.54) is 10.5 Å². The lowest BCUT2D eigenvalue weighted by atomic mass is 10.1. The Kier molecular flexibility index (Phi) is 5.48. The molecule has 0 saturated carbocycles. The summed E-state index contributed by atoms with van der Waals surface area (Å²) in [5, 5.41) is 4.13. The van der Waals surface area contributed by atoms with Gasteiger partial charge in [0.2, 0.25) is 5.82 Å². The zero-order chi connectivity index (χ0) is 19.3.